The summed E-state index contributed by atoms with van der Waals surface area (Å²) >= 11 is 0. The highest BCUT2D eigenvalue weighted by molar-refractivity contribution is 5.96. The number of carbonyl (C=O) groups is 1. The second kappa shape index (κ2) is 9.78. The van der Waals surface area contributed by atoms with Crippen LogP contribution in [0.25, 0.3) is 33.7 Å². The van der Waals surface area contributed by atoms with E-state index in [4.69, 9.17) is 14.6 Å². The Morgan fingerprint density at radius 1 is 0.974 bits per heavy atom. The molecule has 0 unspecified atom stereocenters. The number of rotatable bonds is 7. The largest absolute Gasteiger partial charge is 0.481 e. The topological polar surface area (TPSA) is 84.4 Å². The van der Waals surface area contributed by atoms with Gasteiger partial charge in [0.25, 0.3) is 5.89 Å². The number of nitrogens with zero attached hydrogens (tertiary/aromatic N) is 4. The van der Waals surface area contributed by atoms with Crippen molar-refractivity contribution in [2.45, 2.75) is 33.9 Å². The van der Waals surface area contributed by atoms with Crippen molar-refractivity contribution in [2.24, 2.45) is 5.92 Å². The average Bonchev–Trinajstić information content (AvgIpc) is 3.46. The number of aryl methyl sites for hydroxylation is 2. The van der Waals surface area contributed by atoms with E-state index >= 15 is 0 Å². The summed E-state index contributed by atoms with van der Waals surface area (Å²) in [5, 5.41) is 14.0. The van der Waals surface area contributed by atoms with Gasteiger partial charge in [-0.1, -0.05) is 47.6 Å². The Hall–Kier alpha value is -4.30. The molecule has 6 rings (SSSR count). The van der Waals surface area contributed by atoms with Crippen LogP contribution in [0.3, 0.4) is 0 Å². The van der Waals surface area contributed by atoms with Crippen LogP contribution in [0.5, 0.6) is 0 Å². The molecule has 2 aromatic heterocycles. The lowest BCUT2D eigenvalue weighted by Gasteiger charge is -2.36. The molecule has 1 N–H and O–H groups in total. The van der Waals surface area contributed by atoms with Crippen molar-refractivity contribution in [1.29, 1.82) is 0 Å². The predicted octanol–water partition coefficient (Wildman–Crippen LogP) is 5.99. The molecule has 0 amide bonds. The normalized spacial score (nSPS) is 14.2. The Bertz CT molecular complexity index is 1700. The van der Waals surface area contributed by atoms with E-state index in [9.17, 15) is 9.18 Å². The van der Waals surface area contributed by atoms with Crippen LogP contribution in [0.15, 0.2) is 65.2 Å². The lowest BCUT2D eigenvalue weighted by Crippen LogP contribution is -2.49. The summed E-state index contributed by atoms with van der Waals surface area (Å²) in [5.41, 5.74) is 8.10. The summed E-state index contributed by atoms with van der Waals surface area (Å²) in [6.45, 7) is 8.68. The molecule has 1 fully saturated rings. The van der Waals surface area contributed by atoms with Crippen LogP contribution in [-0.2, 0) is 17.9 Å². The molecule has 39 heavy (non-hydrogen) atoms. The van der Waals surface area contributed by atoms with Gasteiger partial charge in [-0.3, -0.25) is 9.69 Å². The summed E-state index contributed by atoms with van der Waals surface area (Å²) in [7, 11) is 0. The first-order valence-electron chi connectivity index (χ1n) is 13.0. The molecule has 0 radical (unpaired) electrons. The van der Waals surface area contributed by atoms with Crippen LogP contribution in [0.4, 0.5) is 4.39 Å². The van der Waals surface area contributed by atoms with Crippen LogP contribution in [0.1, 0.15) is 27.9 Å². The molecular weight excluding hydrogens is 495 g/mol. The Balaban J connectivity index is 1.29. The molecule has 0 saturated carbocycles. The summed E-state index contributed by atoms with van der Waals surface area (Å²) in [4.78, 5) is 17.8. The molecule has 1 saturated heterocycles. The first-order valence-corrected chi connectivity index (χ1v) is 13.0. The fourth-order valence-electron chi connectivity index (χ4n) is 5.33. The van der Waals surface area contributed by atoms with Gasteiger partial charge in [0.15, 0.2) is 0 Å². The second-order valence-corrected chi connectivity index (χ2v) is 10.5. The molecule has 1 aliphatic rings. The zero-order valence-electron chi connectivity index (χ0n) is 22.1. The smallest absolute Gasteiger partial charge is 0.309 e. The molecule has 5 aromatic rings. The first kappa shape index (κ1) is 25.0. The van der Waals surface area contributed by atoms with Gasteiger partial charge in [0.05, 0.1) is 11.5 Å². The Morgan fingerprint density at radius 3 is 2.44 bits per heavy atom. The number of hydrogen-bond donors (Lipinski definition) is 1. The van der Waals surface area contributed by atoms with Crippen molar-refractivity contribution in [3.05, 3.63) is 94.4 Å². The fraction of sp³-hybridized carbons (Fsp3) is 0.258. The number of fused-ring (bicyclic) bond motifs is 1. The van der Waals surface area contributed by atoms with Crippen LogP contribution in [0.2, 0.25) is 0 Å². The fourth-order valence-corrected chi connectivity index (χ4v) is 5.33. The average molecular weight is 525 g/mol. The highest BCUT2D eigenvalue weighted by atomic mass is 19.1. The van der Waals surface area contributed by atoms with Crippen molar-refractivity contribution >= 4 is 16.9 Å². The van der Waals surface area contributed by atoms with Gasteiger partial charge in [-0.05, 0) is 61.2 Å². The monoisotopic (exact) mass is 524 g/mol. The minimum Gasteiger partial charge on any atom is -0.481 e. The summed E-state index contributed by atoms with van der Waals surface area (Å²) < 4.78 is 22.3. The van der Waals surface area contributed by atoms with Gasteiger partial charge in [-0.25, -0.2) is 4.39 Å². The number of benzene rings is 3. The van der Waals surface area contributed by atoms with E-state index in [1.807, 2.05) is 31.2 Å². The molecule has 8 heteroatoms. The predicted molar refractivity (Wildman–Crippen MR) is 147 cm³/mol. The number of aromatic nitrogens is 3. The number of carboxylic acids is 1. The van der Waals surface area contributed by atoms with Crippen LogP contribution < -0.4 is 0 Å². The lowest BCUT2D eigenvalue weighted by atomic mass is 9.99. The number of hydrogen-bond acceptors (Lipinski definition) is 5. The zero-order valence-corrected chi connectivity index (χ0v) is 22.1. The van der Waals surface area contributed by atoms with Gasteiger partial charge >= 0.3 is 5.97 Å². The molecule has 0 atom stereocenters. The van der Waals surface area contributed by atoms with E-state index < -0.39 is 5.97 Å². The molecule has 3 heterocycles. The van der Waals surface area contributed by atoms with E-state index in [0.29, 0.717) is 37.9 Å². The minimum atomic E-state index is -0.735. The van der Waals surface area contributed by atoms with Gasteiger partial charge in [-0.2, -0.15) is 4.98 Å². The van der Waals surface area contributed by atoms with Crippen molar-refractivity contribution in [1.82, 2.24) is 19.6 Å². The van der Waals surface area contributed by atoms with Crippen LogP contribution >= 0.6 is 0 Å². The summed E-state index contributed by atoms with van der Waals surface area (Å²) in [5.74, 6) is -0.523. The maximum atomic E-state index is 14.4. The highest BCUT2D eigenvalue weighted by Crippen LogP contribution is 2.36. The number of likely N-dealkylation sites (tertiary alicyclic amines) is 1. The molecule has 0 bridgehead atoms. The Morgan fingerprint density at radius 2 is 1.72 bits per heavy atom. The Kier molecular flexibility index (Phi) is 6.27. The third-order valence-electron chi connectivity index (χ3n) is 7.76. The van der Waals surface area contributed by atoms with Crippen molar-refractivity contribution < 1.29 is 18.8 Å². The van der Waals surface area contributed by atoms with Gasteiger partial charge in [0.2, 0.25) is 5.82 Å². The summed E-state index contributed by atoms with van der Waals surface area (Å²) in [6.07, 6.45) is 0. The van der Waals surface area contributed by atoms with Crippen LogP contribution in [-0.4, -0.2) is 43.8 Å². The highest BCUT2D eigenvalue weighted by Gasteiger charge is 2.32. The Labute approximate surface area is 225 Å². The molecule has 7 nitrogen and oxygen atoms in total. The van der Waals surface area contributed by atoms with E-state index in [2.05, 4.69) is 46.7 Å². The quantitative estimate of drug-likeness (QED) is 0.282. The van der Waals surface area contributed by atoms with Gasteiger partial charge in [0.1, 0.15) is 5.82 Å². The number of carboxylic acid groups (broad SMARTS) is 1. The number of aliphatic carboxylic acids is 1. The lowest BCUT2D eigenvalue weighted by molar-refractivity contribution is -0.147. The minimum absolute atomic E-state index is 0.272. The van der Waals surface area contributed by atoms with E-state index in [-0.39, 0.29) is 11.7 Å². The van der Waals surface area contributed by atoms with Crippen molar-refractivity contribution in [3.63, 3.8) is 0 Å². The first-order chi connectivity index (χ1) is 18.8. The van der Waals surface area contributed by atoms with Crippen molar-refractivity contribution in [3.8, 4) is 22.8 Å². The SMILES string of the molecule is Cc1ccc(Cn2c(C)c(-c3nc(-c4ccc(CN5CC(C(=O)O)C5)cc4)no3)c3cc(F)ccc32)cc1C. The van der Waals surface area contributed by atoms with E-state index in [1.165, 1.54) is 23.3 Å². The maximum absolute atomic E-state index is 14.4. The molecular formula is C31H29FN4O3. The molecule has 0 spiro atoms. The second-order valence-electron chi connectivity index (χ2n) is 10.5. The third kappa shape index (κ3) is 4.72. The molecule has 1 aliphatic heterocycles. The van der Waals surface area contributed by atoms with E-state index in [0.717, 1.165) is 38.9 Å². The van der Waals surface area contributed by atoms with Crippen LogP contribution in [0, 0.1) is 32.5 Å². The standard InChI is InChI=1S/C31H29FN4O3/c1-18-4-5-22(12-19(18)2)15-36-20(3)28(26-13-25(32)10-11-27(26)36)30-33-29(34-39-30)23-8-6-21(7-9-23)14-35-16-24(17-35)31(37)38/h4-13,24H,14-17H2,1-3H3,(H,37,38). The third-order valence-corrected chi connectivity index (χ3v) is 7.76. The summed E-state index contributed by atoms with van der Waals surface area (Å²) in [6, 6.07) is 19.1. The van der Waals surface area contributed by atoms with Gasteiger partial charge in [-0.15, -0.1) is 0 Å². The van der Waals surface area contributed by atoms with Gasteiger partial charge < -0.3 is 14.2 Å². The zero-order chi connectivity index (χ0) is 27.3. The van der Waals surface area contributed by atoms with Crippen molar-refractivity contribution in [2.75, 3.05) is 13.1 Å². The van der Waals surface area contributed by atoms with Gasteiger partial charge in [0, 0.05) is 48.3 Å². The number of halogens is 1. The molecule has 198 valence electrons. The molecule has 3 aromatic carbocycles. The molecule has 0 aliphatic carbocycles. The van der Waals surface area contributed by atoms with E-state index in [1.54, 1.807) is 6.07 Å². The maximum Gasteiger partial charge on any atom is 0.309 e.